The van der Waals surface area contributed by atoms with Crippen LogP contribution in [-0.2, 0) is 16.7 Å². The van der Waals surface area contributed by atoms with Gasteiger partial charge in [-0.15, -0.1) is 23.1 Å². The molecular formula is C21H18F3NO3S2. The Morgan fingerprint density at radius 2 is 1.93 bits per heavy atom. The molecule has 0 fully saturated rings. The normalized spacial score (nSPS) is 11.5. The van der Waals surface area contributed by atoms with Crippen LogP contribution in [0.15, 0.2) is 47.4 Å². The van der Waals surface area contributed by atoms with Gasteiger partial charge in [-0.3, -0.25) is 0 Å². The van der Waals surface area contributed by atoms with Gasteiger partial charge in [0.05, 0.1) is 11.3 Å². The summed E-state index contributed by atoms with van der Waals surface area (Å²) in [5, 5.41) is 9.06. The molecule has 0 spiro atoms. The molecular weight excluding hydrogens is 435 g/mol. The molecule has 4 nitrogen and oxygen atoms in total. The maximum absolute atomic E-state index is 13.3. The number of carboxylic acid groups (broad SMARTS) is 1. The first-order chi connectivity index (χ1) is 14.1. The van der Waals surface area contributed by atoms with Crippen LogP contribution in [0.25, 0.3) is 10.6 Å². The Balaban J connectivity index is 1.75. The topological polar surface area (TPSA) is 59.4 Å². The Kier molecular flexibility index (Phi) is 6.72. The first kappa shape index (κ1) is 22.2. The summed E-state index contributed by atoms with van der Waals surface area (Å²) < 4.78 is 45.1. The number of hydrogen-bond acceptors (Lipinski definition) is 5. The second-order valence-corrected chi connectivity index (χ2v) is 8.60. The van der Waals surface area contributed by atoms with E-state index in [-0.39, 0.29) is 5.56 Å². The number of halogens is 3. The van der Waals surface area contributed by atoms with E-state index in [1.54, 1.807) is 19.1 Å². The number of aromatic nitrogens is 1. The SMILES string of the molecule is Cc1cc(SCc2sc(-c3ccccc3C(F)(F)F)nc2C)ccc1OCC(=O)O. The molecule has 1 aromatic heterocycles. The fourth-order valence-electron chi connectivity index (χ4n) is 2.76. The number of hydrogen-bond donors (Lipinski definition) is 1. The van der Waals surface area contributed by atoms with E-state index in [1.807, 2.05) is 19.1 Å². The van der Waals surface area contributed by atoms with E-state index >= 15 is 0 Å². The molecule has 9 heteroatoms. The number of ether oxygens (including phenoxy) is 1. The summed E-state index contributed by atoms with van der Waals surface area (Å²) in [7, 11) is 0. The molecule has 0 saturated heterocycles. The van der Waals surface area contributed by atoms with Crippen molar-refractivity contribution in [2.24, 2.45) is 0 Å². The minimum Gasteiger partial charge on any atom is -0.482 e. The summed E-state index contributed by atoms with van der Waals surface area (Å²) in [5.41, 5.74) is 0.912. The Bertz CT molecular complexity index is 1060. The smallest absolute Gasteiger partial charge is 0.417 e. The van der Waals surface area contributed by atoms with Crippen LogP contribution >= 0.6 is 23.1 Å². The summed E-state index contributed by atoms with van der Waals surface area (Å²) in [6, 6.07) is 10.9. The molecule has 3 aromatic rings. The van der Waals surface area contributed by atoms with Gasteiger partial charge in [0, 0.05) is 21.1 Å². The lowest BCUT2D eigenvalue weighted by Gasteiger charge is -2.10. The molecule has 0 bridgehead atoms. The van der Waals surface area contributed by atoms with Gasteiger partial charge >= 0.3 is 12.1 Å². The van der Waals surface area contributed by atoms with Crippen LogP contribution in [0.2, 0.25) is 0 Å². The van der Waals surface area contributed by atoms with Gasteiger partial charge in [0.2, 0.25) is 0 Å². The summed E-state index contributed by atoms with van der Waals surface area (Å²) in [6.45, 7) is 3.21. The van der Waals surface area contributed by atoms with Crippen molar-refractivity contribution in [2.75, 3.05) is 6.61 Å². The number of thiazole rings is 1. The third-order valence-electron chi connectivity index (χ3n) is 4.22. The van der Waals surface area contributed by atoms with Gasteiger partial charge in [0.15, 0.2) is 6.61 Å². The zero-order valence-corrected chi connectivity index (χ0v) is 17.7. The Labute approximate surface area is 179 Å². The average molecular weight is 454 g/mol. The second kappa shape index (κ2) is 9.09. The van der Waals surface area contributed by atoms with Gasteiger partial charge in [-0.05, 0) is 43.7 Å². The number of carboxylic acids is 1. The molecule has 0 unspecified atom stereocenters. The van der Waals surface area contributed by atoms with Crippen molar-refractivity contribution in [1.29, 1.82) is 0 Å². The van der Waals surface area contributed by atoms with E-state index < -0.39 is 24.3 Å². The summed E-state index contributed by atoms with van der Waals surface area (Å²) in [5.74, 6) is 0.0186. The fourth-order valence-corrected chi connectivity index (χ4v) is 5.00. The lowest BCUT2D eigenvalue weighted by Crippen LogP contribution is -2.09. The molecule has 0 radical (unpaired) electrons. The van der Waals surface area contributed by atoms with Crippen LogP contribution in [-0.4, -0.2) is 22.7 Å². The van der Waals surface area contributed by atoms with E-state index in [1.165, 1.54) is 35.2 Å². The molecule has 0 saturated carbocycles. The third-order valence-corrected chi connectivity index (χ3v) is 6.62. The highest BCUT2D eigenvalue weighted by Gasteiger charge is 2.34. The highest BCUT2D eigenvalue weighted by Crippen LogP contribution is 2.40. The molecule has 3 rings (SSSR count). The predicted molar refractivity (Wildman–Crippen MR) is 111 cm³/mol. The highest BCUT2D eigenvalue weighted by molar-refractivity contribution is 7.98. The van der Waals surface area contributed by atoms with Crippen molar-refractivity contribution in [3.8, 4) is 16.3 Å². The number of aryl methyl sites for hydroxylation is 2. The Hall–Kier alpha value is -2.52. The molecule has 0 aliphatic heterocycles. The van der Waals surface area contributed by atoms with Crippen LogP contribution in [0.5, 0.6) is 5.75 Å². The number of benzene rings is 2. The van der Waals surface area contributed by atoms with E-state index in [4.69, 9.17) is 9.84 Å². The van der Waals surface area contributed by atoms with E-state index in [0.717, 1.165) is 21.4 Å². The second-order valence-electron chi connectivity index (χ2n) is 6.47. The van der Waals surface area contributed by atoms with Crippen molar-refractivity contribution >= 4 is 29.1 Å². The zero-order valence-electron chi connectivity index (χ0n) is 16.1. The zero-order chi connectivity index (χ0) is 21.9. The minimum atomic E-state index is -4.44. The first-order valence-corrected chi connectivity index (χ1v) is 10.7. The largest absolute Gasteiger partial charge is 0.482 e. The first-order valence-electron chi connectivity index (χ1n) is 8.86. The van der Waals surface area contributed by atoms with Crippen molar-refractivity contribution in [3.63, 3.8) is 0 Å². The lowest BCUT2D eigenvalue weighted by molar-refractivity contribution is -0.139. The van der Waals surface area contributed by atoms with Crippen LogP contribution in [0.1, 0.15) is 21.7 Å². The van der Waals surface area contributed by atoms with Crippen molar-refractivity contribution < 1.29 is 27.8 Å². The maximum atomic E-state index is 13.3. The summed E-state index contributed by atoms with van der Waals surface area (Å²) in [4.78, 5) is 16.8. The van der Waals surface area contributed by atoms with Gasteiger partial charge in [0.1, 0.15) is 10.8 Å². The van der Waals surface area contributed by atoms with Crippen molar-refractivity contribution in [2.45, 2.75) is 30.7 Å². The van der Waals surface area contributed by atoms with Gasteiger partial charge in [-0.1, -0.05) is 18.2 Å². The van der Waals surface area contributed by atoms with Crippen LogP contribution < -0.4 is 4.74 Å². The predicted octanol–water partition coefficient (Wildman–Crippen LogP) is 6.20. The van der Waals surface area contributed by atoms with E-state index in [0.29, 0.717) is 22.2 Å². The molecule has 0 aliphatic carbocycles. The Morgan fingerprint density at radius 3 is 2.60 bits per heavy atom. The van der Waals surface area contributed by atoms with E-state index in [2.05, 4.69) is 4.98 Å². The molecule has 0 aliphatic rings. The molecule has 1 heterocycles. The van der Waals surface area contributed by atoms with Gasteiger partial charge in [-0.2, -0.15) is 13.2 Å². The molecule has 0 atom stereocenters. The molecule has 1 N–H and O–H groups in total. The van der Waals surface area contributed by atoms with Gasteiger partial charge < -0.3 is 9.84 Å². The number of rotatable bonds is 7. The fraction of sp³-hybridized carbons (Fsp3) is 0.238. The minimum absolute atomic E-state index is 0.0881. The third kappa shape index (κ3) is 5.34. The maximum Gasteiger partial charge on any atom is 0.417 e. The van der Waals surface area contributed by atoms with Crippen LogP contribution in [0.4, 0.5) is 13.2 Å². The van der Waals surface area contributed by atoms with Gasteiger partial charge in [-0.25, -0.2) is 9.78 Å². The van der Waals surface area contributed by atoms with E-state index in [9.17, 15) is 18.0 Å². The van der Waals surface area contributed by atoms with Crippen LogP contribution in [0, 0.1) is 13.8 Å². The molecule has 158 valence electrons. The number of alkyl halides is 3. The average Bonchev–Trinajstić information content (AvgIpc) is 3.05. The summed E-state index contributed by atoms with van der Waals surface area (Å²) >= 11 is 2.79. The molecule has 30 heavy (non-hydrogen) atoms. The van der Waals surface area contributed by atoms with Crippen molar-refractivity contribution in [1.82, 2.24) is 4.98 Å². The Morgan fingerprint density at radius 1 is 1.20 bits per heavy atom. The number of aliphatic carboxylic acids is 1. The number of thioether (sulfide) groups is 1. The quantitative estimate of drug-likeness (QED) is 0.432. The molecule has 2 aromatic carbocycles. The monoisotopic (exact) mass is 453 g/mol. The van der Waals surface area contributed by atoms with Crippen molar-refractivity contribution in [3.05, 3.63) is 64.2 Å². The summed E-state index contributed by atoms with van der Waals surface area (Å²) in [6.07, 6.45) is -4.44. The van der Waals surface area contributed by atoms with Gasteiger partial charge in [0.25, 0.3) is 0 Å². The highest BCUT2D eigenvalue weighted by atomic mass is 32.2. The van der Waals surface area contributed by atoms with Crippen LogP contribution in [0.3, 0.4) is 0 Å². The standard InChI is InChI=1S/C21H18F3NO3S2/c1-12-9-14(7-8-17(12)28-10-19(26)27)29-11-18-13(2)25-20(30-18)15-5-3-4-6-16(15)21(22,23)24/h3-9H,10-11H2,1-2H3,(H,26,27). The lowest BCUT2D eigenvalue weighted by atomic mass is 10.1. The number of carbonyl (C=O) groups is 1. The number of nitrogens with zero attached hydrogens (tertiary/aromatic N) is 1. The molecule has 0 amide bonds.